The molecule has 1 rings (SSSR count). The minimum atomic E-state index is -0.583. The molecule has 5 nitrogen and oxygen atoms in total. The van der Waals surface area contributed by atoms with Crippen molar-refractivity contribution in [2.75, 3.05) is 13.7 Å². The Morgan fingerprint density at radius 3 is 2.42 bits per heavy atom. The minimum absolute atomic E-state index is 0.169. The van der Waals surface area contributed by atoms with Gasteiger partial charge in [0.25, 0.3) is 0 Å². The highest BCUT2D eigenvalue weighted by Gasteiger charge is 2.25. The number of esters is 2. The van der Waals surface area contributed by atoms with Crippen molar-refractivity contribution in [3.8, 4) is 11.5 Å². The number of ether oxygens (including phenoxy) is 3. The fraction of sp³-hybridized carbons (Fsp3) is 0.579. The number of hydrogen-bond donors (Lipinski definition) is 0. The summed E-state index contributed by atoms with van der Waals surface area (Å²) in [7, 11) is 1.56. The normalized spacial score (nSPS) is 11.0. The molecule has 134 valence electrons. The van der Waals surface area contributed by atoms with Gasteiger partial charge in [0, 0.05) is 6.42 Å². The third kappa shape index (κ3) is 6.22. The summed E-state index contributed by atoms with van der Waals surface area (Å²) >= 11 is 0. The first-order valence-electron chi connectivity index (χ1n) is 8.33. The van der Waals surface area contributed by atoms with Gasteiger partial charge in [-0.2, -0.15) is 0 Å². The number of hydrogen-bond acceptors (Lipinski definition) is 5. The van der Waals surface area contributed by atoms with E-state index in [2.05, 4.69) is 0 Å². The molecule has 24 heavy (non-hydrogen) atoms. The van der Waals surface area contributed by atoms with Crippen molar-refractivity contribution in [1.82, 2.24) is 0 Å². The molecule has 1 aromatic rings. The van der Waals surface area contributed by atoms with Crippen molar-refractivity contribution in [3.05, 3.63) is 23.8 Å². The molecule has 0 aliphatic rings. The van der Waals surface area contributed by atoms with Crippen LogP contribution in [0.1, 0.15) is 52.5 Å². The number of para-hydroxylation sites is 1. The minimum Gasteiger partial charge on any atom is -0.493 e. The zero-order valence-electron chi connectivity index (χ0n) is 15.3. The third-order valence-corrected chi connectivity index (χ3v) is 3.46. The maximum absolute atomic E-state index is 12.1. The summed E-state index contributed by atoms with van der Waals surface area (Å²) in [4.78, 5) is 23.4. The monoisotopic (exact) mass is 336 g/mol. The van der Waals surface area contributed by atoms with E-state index in [1.54, 1.807) is 40.9 Å². The second-order valence-electron chi connectivity index (χ2n) is 6.60. The van der Waals surface area contributed by atoms with Crippen LogP contribution in [0.5, 0.6) is 11.5 Å². The van der Waals surface area contributed by atoms with Gasteiger partial charge >= 0.3 is 11.9 Å². The molecule has 0 saturated carbocycles. The second kappa shape index (κ2) is 9.30. The van der Waals surface area contributed by atoms with E-state index in [0.717, 1.165) is 24.8 Å². The number of benzene rings is 1. The molecule has 0 saturated heterocycles. The van der Waals surface area contributed by atoms with E-state index < -0.39 is 5.41 Å². The summed E-state index contributed by atoms with van der Waals surface area (Å²) in [5.74, 6) is 0.532. The van der Waals surface area contributed by atoms with Gasteiger partial charge in [0.2, 0.25) is 0 Å². The molecule has 0 unspecified atom stereocenters. The first-order chi connectivity index (χ1) is 11.3. The highest BCUT2D eigenvalue weighted by molar-refractivity contribution is 5.78. The van der Waals surface area contributed by atoms with Crippen molar-refractivity contribution in [1.29, 1.82) is 0 Å². The summed E-state index contributed by atoms with van der Waals surface area (Å²) in [5.41, 5.74) is 0.376. The first kappa shape index (κ1) is 20.0. The average Bonchev–Trinajstić information content (AvgIpc) is 2.51. The summed E-state index contributed by atoms with van der Waals surface area (Å²) in [5, 5.41) is 0. The van der Waals surface area contributed by atoms with Crippen LogP contribution in [0.2, 0.25) is 0 Å². The Morgan fingerprint density at radius 2 is 1.83 bits per heavy atom. The number of methoxy groups -OCH3 is 1. The van der Waals surface area contributed by atoms with E-state index in [1.165, 1.54) is 0 Å². The van der Waals surface area contributed by atoms with Crippen molar-refractivity contribution in [3.63, 3.8) is 0 Å². The fourth-order valence-corrected chi connectivity index (χ4v) is 2.14. The SMILES string of the molecule is CCOC(=O)CCCCc1cccc(OC(=O)C(C)(C)C)c1OC. The van der Waals surface area contributed by atoms with Gasteiger partial charge in [0.15, 0.2) is 11.5 Å². The highest BCUT2D eigenvalue weighted by Crippen LogP contribution is 2.33. The van der Waals surface area contributed by atoms with E-state index in [4.69, 9.17) is 14.2 Å². The third-order valence-electron chi connectivity index (χ3n) is 3.46. The lowest BCUT2D eigenvalue weighted by molar-refractivity contribution is -0.144. The summed E-state index contributed by atoms with van der Waals surface area (Å²) in [6, 6.07) is 5.51. The molecule has 0 atom stereocenters. The number of carbonyl (C=O) groups excluding carboxylic acids is 2. The molecule has 0 aliphatic heterocycles. The van der Waals surface area contributed by atoms with Gasteiger partial charge in [0.1, 0.15) is 0 Å². The Labute approximate surface area is 144 Å². The van der Waals surface area contributed by atoms with E-state index >= 15 is 0 Å². The van der Waals surface area contributed by atoms with Crippen LogP contribution in [-0.2, 0) is 20.7 Å². The van der Waals surface area contributed by atoms with Gasteiger partial charge in [-0.15, -0.1) is 0 Å². The van der Waals surface area contributed by atoms with Crippen LogP contribution >= 0.6 is 0 Å². The van der Waals surface area contributed by atoms with Crippen LogP contribution in [0.3, 0.4) is 0 Å². The molecule has 0 aromatic heterocycles. The maximum atomic E-state index is 12.1. The Balaban J connectivity index is 2.70. The molecule has 0 N–H and O–H groups in total. The van der Waals surface area contributed by atoms with Gasteiger partial charge in [-0.05, 0) is 58.6 Å². The van der Waals surface area contributed by atoms with Gasteiger partial charge in [0.05, 0.1) is 19.1 Å². The molecular formula is C19H28O5. The lowest BCUT2D eigenvalue weighted by Gasteiger charge is -2.19. The van der Waals surface area contributed by atoms with Crippen LogP contribution in [0.4, 0.5) is 0 Å². The zero-order chi connectivity index (χ0) is 18.2. The molecule has 0 fully saturated rings. The first-order valence-corrected chi connectivity index (χ1v) is 8.33. The van der Waals surface area contributed by atoms with Crippen molar-refractivity contribution in [2.45, 2.75) is 53.4 Å². The van der Waals surface area contributed by atoms with Crippen LogP contribution in [-0.4, -0.2) is 25.7 Å². The molecule has 1 aromatic carbocycles. The molecule has 0 aliphatic carbocycles. The fourth-order valence-electron chi connectivity index (χ4n) is 2.14. The molecule has 0 bridgehead atoms. The molecule has 0 radical (unpaired) electrons. The number of rotatable bonds is 8. The van der Waals surface area contributed by atoms with Gasteiger partial charge in [-0.3, -0.25) is 9.59 Å². The lowest BCUT2D eigenvalue weighted by atomic mass is 9.97. The van der Waals surface area contributed by atoms with E-state index in [-0.39, 0.29) is 11.9 Å². The van der Waals surface area contributed by atoms with Gasteiger partial charge in [-0.25, -0.2) is 0 Å². The van der Waals surface area contributed by atoms with Crippen LogP contribution in [0, 0.1) is 5.41 Å². The standard InChI is InChI=1S/C19H28O5/c1-6-23-16(20)13-8-7-10-14-11-9-12-15(17(14)22-5)24-18(21)19(2,3)4/h9,11-12H,6-8,10,13H2,1-5H3. The van der Waals surface area contributed by atoms with E-state index in [0.29, 0.717) is 24.5 Å². The van der Waals surface area contributed by atoms with Crippen molar-refractivity contribution in [2.24, 2.45) is 5.41 Å². The molecule has 0 spiro atoms. The number of aryl methyl sites for hydroxylation is 1. The molecule has 0 heterocycles. The van der Waals surface area contributed by atoms with Gasteiger partial charge in [-0.1, -0.05) is 12.1 Å². The Bertz CT molecular complexity index is 557. The second-order valence-corrected chi connectivity index (χ2v) is 6.60. The molecule has 5 heteroatoms. The average molecular weight is 336 g/mol. The summed E-state index contributed by atoms with van der Waals surface area (Å²) in [6.07, 6.45) is 2.72. The van der Waals surface area contributed by atoms with E-state index in [9.17, 15) is 9.59 Å². The van der Waals surface area contributed by atoms with Crippen molar-refractivity contribution >= 4 is 11.9 Å². The molecule has 0 amide bonds. The van der Waals surface area contributed by atoms with Crippen LogP contribution < -0.4 is 9.47 Å². The van der Waals surface area contributed by atoms with Gasteiger partial charge < -0.3 is 14.2 Å². The Morgan fingerprint density at radius 1 is 1.12 bits per heavy atom. The Hall–Kier alpha value is -2.04. The Kier molecular flexibility index (Phi) is 7.75. The molecular weight excluding hydrogens is 308 g/mol. The van der Waals surface area contributed by atoms with Crippen molar-refractivity contribution < 1.29 is 23.8 Å². The smallest absolute Gasteiger partial charge is 0.316 e. The number of carbonyl (C=O) groups is 2. The zero-order valence-corrected chi connectivity index (χ0v) is 15.3. The lowest BCUT2D eigenvalue weighted by Crippen LogP contribution is -2.25. The maximum Gasteiger partial charge on any atom is 0.316 e. The quantitative estimate of drug-likeness (QED) is 0.409. The largest absolute Gasteiger partial charge is 0.493 e. The van der Waals surface area contributed by atoms with Crippen LogP contribution in [0.25, 0.3) is 0 Å². The topological polar surface area (TPSA) is 61.8 Å². The predicted molar refractivity (Wildman–Crippen MR) is 92.3 cm³/mol. The highest BCUT2D eigenvalue weighted by atomic mass is 16.6. The van der Waals surface area contributed by atoms with Crippen LogP contribution in [0.15, 0.2) is 18.2 Å². The predicted octanol–water partition coefficient (Wildman–Crippen LogP) is 3.92. The number of unbranched alkanes of at least 4 members (excludes halogenated alkanes) is 1. The van der Waals surface area contributed by atoms with E-state index in [1.807, 2.05) is 12.1 Å². The summed E-state index contributed by atoms with van der Waals surface area (Å²) in [6.45, 7) is 7.63. The summed E-state index contributed by atoms with van der Waals surface area (Å²) < 4.78 is 15.8.